The van der Waals surface area contributed by atoms with E-state index >= 15 is 0 Å². The molecule has 0 atom stereocenters. The molecule has 2 aromatic rings. The van der Waals surface area contributed by atoms with Crippen molar-refractivity contribution >= 4 is 55.1 Å². The number of anilines is 1. The fourth-order valence-electron chi connectivity index (χ4n) is 2.50. The average Bonchev–Trinajstić information content (AvgIpc) is 2.95. The lowest BCUT2D eigenvalue weighted by Crippen LogP contribution is -2.48. The van der Waals surface area contributed by atoms with Crippen LogP contribution in [0.4, 0.5) is 5.95 Å². The molecule has 3 rings (SSSR count). The molecule has 0 radical (unpaired) electrons. The van der Waals surface area contributed by atoms with Crippen molar-refractivity contribution in [3.05, 3.63) is 37.7 Å². The molecule has 0 bridgehead atoms. The first-order valence-electron chi connectivity index (χ1n) is 7.61. The Balaban J connectivity index is 1.40. The van der Waals surface area contributed by atoms with Gasteiger partial charge in [-0.15, -0.1) is 11.3 Å². The van der Waals surface area contributed by atoms with Crippen LogP contribution in [0.3, 0.4) is 0 Å². The van der Waals surface area contributed by atoms with Crippen molar-refractivity contribution in [3.63, 3.8) is 0 Å². The third-order valence-electron chi connectivity index (χ3n) is 3.79. The van der Waals surface area contributed by atoms with Crippen LogP contribution in [0, 0.1) is 0 Å². The molecule has 0 saturated carbocycles. The number of nitrogens with zero attached hydrogens (tertiary/aromatic N) is 4. The highest BCUT2D eigenvalue weighted by Gasteiger charge is 2.18. The maximum atomic E-state index is 12.1. The van der Waals surface area contributed by atoms with Crippen molar-refractivity contribution in [2.75, 3.05) is 44.2 Å². The molecule has 0 spiro atoms. The number of rotatable bonds is 5. The van der Waals surface area contributed by atoms with Gasteiger partial charge in [0.15, 0.2) is 0 Å². The van der Waals surface area contributed by atoms with E-state index in [-0.39, 0.29) is 5.91 Å². The Hall–Kier alpha value is -1.03. The quantitative estimate of drug-likeness (QED) is 0.721. The van der Waals surface area contributed by atoms with Gasteiger partial charge in [-0.2, -0.15) is 0 Å². The molecule has 1 aliphatic rings. The van der Waals surface area contributed by atoms with E-state index in [9.17, 15) is 4.79 Å². The molecule has 0 aromatic carbocycles. The predicted octanol–water partition coefficient (Wildman–Crippen LogP) is 2.62. The van der Waals surface area contributed by atoms with Crippen LogP contribution in [0.15, 0.2) is 32.8 Å². The summed E-state index contributed by atoms with van der Waals surface area (Å²) in [6.07, 6.45) is 3.54. The van der Waals surface area contributed by atoms with E-state index in [1.165, 1.54) is 11.3 Å². The maximum absolute atomic E-state index is 12.1. The van der Waals surface area contributed by atoms with Crippen molar-refractivity contribution in [1.29, 1.82) is 0 Å². The molecule has 2 aromatic heterocycles. The van der Waals surface area contributed by atoms with E-state index < -0.39 is 0 Å². The first-order valence-corrected chi connectivity index (χ1v) is 10.0. The van der Waals surface area contributed by atoms with E-state index in [1.54, 1.807) is 12.4 Å². The topological polar surface area (TPSA) is 61.4 Å². The van der Waals surface area contributed by atoms with Crippen LogP contribution in [0.1, 0.15) is 9.67 Å². The summed E-state index contributed by atoms with van der Waals surface area (Å²) in [5, 5.41) is 2.98. The van der Waals surface area contributed by atoms with Crippen LogP contribution < -0.4 is 10.2 Å². The highest BCUT2D eigenvalue weighted by atomic mass is 79.9. The number of halogens is 2. The first-order chi connectivity index (χ1) is 11.6. The number of thiophene rings is 1. The molecule has 0 unspecified atom stereocenters. The van der Waals surface area contributed by atoms with Gasteiger partial charge in [0.05, 0.1) is 8.66 Å². The molecule has 1 N–H and O–H groups in total. The lowest BCUT2D eigenvalue weighted by atomic mass is 10.3. The standard InChI is InChI=1S/C15H17Br2N5OS/c16-11-10-12(24-13(11)17)14(23)18-4-5-21-6-8-22(9-7-21)15-19-2-1-3-20-15/h1-3,10H,4-9H2,(H,18,23). The predicted molar refractivity (Wildman–Crippen MR) is 103 cm³/mol. The monoisotopic (exact) mass is 473 g/mol. The molecule has 6 nitrogen and oxygen atoms in total. The smallest absolute Gasteiger partial charge is 0.261 e. The zero-order chi connectivity index (χ0) is 16.9. The molecule has 9 heteroatoms. The van der Waals surface area contributed by atoms with Crippen LogP contribution >= 0.6 is 43.2 Å². The van der Waals surface area contributed by atoms with Crippen molar-refractivity contribution in [2.45, 2.75) is 0 Å². The molecule has 1 fully saturated rings. The van der Waals surface area contributed by atoms with E-state index in [2.05, 4.69) is 56.9 Å². The number of amides is 1. The zero-order valence-corrected chi connectivity index (χ0v) is 16.9. The summed E-state index contributed by atoms with van der Waals surface area (Å²) < 4.78 is 1.85. The summed E-state index contributed by atoms with van der Waals surface area (Å²) in [6, 6.07) is 3.66. The number of piperazine rings is 1. The van der Waals surface area contributed by atoms with Crippen LogP contribution in [0.25, 0.3) is 0 Å². The third kappa shape index (κ3) is 4.53. The largest absolute Gasteiger partial charge is 0.350 e. The number of hydrogen-bond acceptors (Lipinski definition) is 6. The van der Waals surface area contributed by atoms with E-state index in [0.717, 1.165) is 46.9 Å². The zero-order valence-electron chi connectivity index (χ0n) is 12.9. The summed E-state index contributed by atoms with van der Waals surface area (Å²) in [5.41, 5.74) is 0. The summed E-state index contributed by atoms with van der Waals surface area (Å²) in [4.78, 5) is 25.9. The van der Waals surface area contributed by atoms with Gasteiger partial charge in [-0.05, 0) is 44.0 Å². The van der Waals surface area contributed by atoms with Crippen molar-refractivity contribution in [1.82, 2.24) is 20.2 Å². The van der Waals surface area contributed by atoms with Gasteiger partial charge in [0.25, 0.3) is 5.91 Å². The fraction of sp³-hybridized carbons (Fsp3) is 0.400. The Labute approximate surface area is 161 Å². The van der Waals surface area contributed by atoms with Crippen LogP contribution in [-0.2, 0) is 0 Å². The molecule has 128 valence electrons. The summed E-state index contributed by atoms with van der Waals surface area (Å²) in [7, 11) is 0. The molecular weight excluding hydrogens is 458 g/mol. The molecule has 1 amide bonds. The van der Waals surface area contributed by atoms with E-state index in [4.69, 9.17) is 0 Å². The lowest BCUT2D eigenvalue weighted by molar-refractivity contribution is 0.0952. The summed E-state index contributed by atoms with van der Waals surface area (Å²) in [5.74, 6) is 0.766. The molecule has 24 heavy (non-hydrogen) atoms. The number of carbonyl (C=O) groups is 1. The van der Waals surface area contributed by atoms with Gasteiger partial charge < -0.3 is 10.2 Å². The van der Waals surface area contributed by atoms with Crippen LogP contribution in [0.2, 0.25) is 0 Å². The minimum absolute atomic E-state index is 0.0253. The Morgan fingerprint density at radius 3 is 2.54 bits per heavy atom. The minimum atomic E-state index is -0.0253. The van der Waals surface area contributed by atoms with Gasteiger partial charge in [0.1, 0.15) is 0 Å². The van der Waals surface area contributed by atoms with Gasteiger partial charge in [-0.25, -0.2) is 9.97 Å². The van der Waals surface area contributed by atoms with Gasteiger partial charge in [-0.1, -0.05) is 0 Å². The highest BCUT2D eigenvalue weighted by molar-refractivity contribution is 9.13. The second-order valence-electron chi connectivity index (χ2n) is 5.37. The Bertz CT molecular complexity index is 669. The molecule has 1 saturated heterocycles. The van der Waals surface area contributed by atoms with Gasteiger partial charge in [0, 0.05) is 56.1 Å². The number of aromatic nitrogens is 2. The molecule has 1 aliphatic heterocycles. The Morgan fingerprint density at radius 1 is 1.21 bits per heavy atom. The Kier molecular flexibility index (Phi) is 6.20. The summed E-state index contributed by atoms with van der Waals surface area (Å²) >= 11 is 8.24. The lowest BCUT2D eigenvalue weighted by Gasteiger charge is -2.34. The SMILES string of the molecule is O=C(NCCN1CCN(c2ncccn2)CC1)c1cc(Br)c(Br)s1. The first kappa shape index (κ1) is 17.8. The van der Waals surface area contributed by atoms with Crippen molar-refractivity contribution in [2.24, 2.45) is 0 Å². The van der Waals surface area contributed by atoms with Crippen molar-refractivity contribution < 1.29 is 4.79 Å². The van der Waals surface area contributed by atoms with Crippen LogP contribution in [-0.4, -0.2) is 60.0 Å². The summed E-state index contributed by atoms with van der Waals surface area (Å²) in [6.45, 7) is 5.21. The van der Waals surface area contributed by atoms with E-state index in [1.807, 2.05) is 12.1 Å². The van der Waals surface area contributed by atoms with Gasteiger partial charge >= 0.3 is 0 Å². The molecule has 3 heterocycles. The second-order valence-corrected chi connectivity index (χ2v) is 8.59. The van der Waals surface area contributed by atoms with Gasteiger partial charge in [-0.3, -0.25) is 9.69 Å². The molecule has 0 aliphatic carbocycles. The Morgan fingerprint density at radius 2 is 1.92 bits per heavy atom. The number of carbonyl (C=O) groups excluding carboxylic acids is 1. The minimum Gasteiger partial charge on any atom is -0.350 e. The van der Waals surface area contributed by atoms with Crippen molar-refractivity contribution in [3.8, 4) is 0 Å². The fourth-order valence-corrected chi connectivity index (χ4v) is 4.45. The normalized spacial score (nSPS) is 15.5. The number of nitrogens with one attached hydrogen (secondary N) is 1. The number of hydrogen-bond donors (Lipinski definition) is 1. The molecular formula is C15H17Br2N5OS. The highest BCUT2D eigenvalue weighted by Crippen LogP contribution is 2.32. The van der Waals surface area contributed by atoms with Crippen LogP contribution in [0.5, 0.6) is 0 Å². The second kappa shape index (κ2) is 8.37. The average molecular weight is 475 g/mol. The third-order valence-corrected chi connectivity index (χ3v) is 7.04. The maximum Gasteiger partial charge on any atom is 0.261 e. The van der Waals surface area contributed by atoms with E-state index in [0.29, 0.717) is 11.4 Å². The van der Waals surface area contributed by atoms with Gasteiger partial charge in [0.2, 0.25) is 5.95 Å².